The zero-order valence-electron chi connectivity index (χ0n) is 11.5. The van der Waals surface area contributed by atoms with Crippen molar-refractivity contribution in [2.24, 2.45) is 0 Å². The standard InChI is InChI=1S/C17H16O3/c1-10-6-7-12-13(8-10)14(9-16(18)19)11-4-3-5-15(20-2)17(11)12/h3-8,14H,9H2,1-2H3,(H,18,19). The van der Waals surface area contributed by atoms with Crippen molar-refractivity contribution >= 4 is 5.97 Å². The number of fused-ring (bicyclic) bond motifs is 3. The number of carboxylic acids is 1. The molecule has 3 heteroatoms. The van der Waals surface area contributed by atoms with E-state index in [0.29, 0.717) is 0 Å². The molecule has 2 aromatic rings. The highest BCUT2D eigenvalue weighted by Crippen LogP contribution is 2.50. The molecular weight excluding hydrogens is 252 g/mol. The van der Waals surface area contributed by atoms with E-state index in [1.165, 1.54) is 0 Å². The van der Waals surface area contributed by atoms with Crippen LogP contribution in [0.15, 0.2) is 36.4 Å². The third-order valence-electron chi connectivity index (χ3n) is 3.88. The summed E-state index contributed by atoms with van der Waals surface area (Å²) in [7, 11) is 1.65. The van der Waals surface area contributed by atoms with E-state index < -0.39 is 5.97 Å². The Bertz CT molecular complexity index is 687. The van der Waals surface area contributed by atoms with Gasteiger partial charge in [-0.05, 0) is 29.7 Å². The number of carbonyl (C=O) groups is 1. The second-order valence-electron chi connectivity index (χ2n) is 5.17. The van der Waals surface area contributed by atoms with Gasteiger partial charge in [0, 0.05) is 11.5 Å². The molecule has 1 N–H and O–H groups in total. The van der Waals surface area contributed by atoms with Gasteiger partial charge in [0.25, 0.3) is 0 Å². The van der Waals surface area contributed by atoms with E-state index >= 15 is 0 Å². The van der Waals surface area contributed by atoms with Crippen LogP contribution in [0.4, 0.5) is 0 Å². The van der Waals surface area contributed by atoms with E-state index in [1.54, 1.807) is 7.11 Å². The fraction of sp³-hybridized carbons (Fsp3) is 0.235. The second-order valence-corrected chi connectivity index (χ2v) is 5.17. The molecule has 0 spiro atoms. The monoisotopic (exact) mass is 268 g/mol. The zero-order valence-corrected chi connectivity index (χ0v) is 11.5. The summed E-state index contributed by atoms with van der Waals surface area (Å²) in [5.74, 6) is -0.0638. The fourth-order valence-electron chi connectivity index (χ4n) is 3.06. The molecule has 3 rings (SSSR count). The smallest absolute Gasteiger partial charge is 0.304 e. The van der Waals surface area contributed by atoms with Crippen molar-refractivity contribution in [3.8, 4) is 16.9 Å². The number of methoxy groups -OCH3 is 1. The maximum Gasteiger partial charge on any atom is 0.304 e. The number of aryl methyl sites for hydroxylation is 1. The van der Waals surface area contributed by atoms with Crippen molar-refractivity contribution in [3.05, 3.63) is 53.1 Å². The molecule has 0 radical (unpaired) electrons. The summed E-state index contributed by atoms with van der Waals surface area (Å²) in [5, 5.41) is 9.19. The molecule has 1 aliphatic rings. The Morgan fingerprint density at radius 3 is 2.75 bits per heavy atom. The highest BCUT2D eigenvalue weighted by Gasteiger charge is 2.32. The summed E-state index contributed by atoms with van der Waals surface area (Å²) in [5.41, 5.74) is 5.41. The lowest BCUT2D eigenvalue weighted by Gasteiger charge is -2.11. The van der Waals surface area contributed by atoms with Gasteiger partial charge in [0.2, 0.25) is 0 Å². The van der Waals surface area contributed by atoms with Crippen LogP contribution in [0.25, 0.3) is 11.1 Å². The second kappa shape index (κ2) is 4.67. The normalized spacial score (nSPS) is 15.6. The lowest BCUT2D eigenvalue weighted by molar-refractivity contribution is -0.137. The maximum atomic E-state index is 11.2. The van der Waals surface area contributed by atoms with Crippen LogP contribution in [0.5, 0.6) is 5.75 Å². The van der Waals surface area contributed by atoms with E-state index in [-0.39, 0.29) is 12.3 Å². The van der Waals surface area contributed by atoms with Crippen LogP contribution in [0.3, 0.4) is 0 Å². The van der Waals surface area contributed by atoms with E-state index in [4.69, 9.17) is 4.74 Å². The Kier molecular flexibility index (Phi) is 2.97. The third kappa shape index (κ3) is 1.86. The number of hydrogen-bond donors (Lipinski definition) is 1. The van der Waals surface area contributed by atoms with Gasteiger partial charge in [-0.1, -0.05) is 35.9 Å². The van der Waals surface area contributed by atoms with Gasteiger partial charge in [0.1, 0.15) is 5.75 Å². The molecule has 0 aromatic heterocycles. The predicted molar refractivity (Wildman–Crippen MR) is 77.3 cm³/mol. The molecule has 1 atom stereocenters. The SMILES string of the molecule is COc1cccc2c1-c1ccc(C)cc1C2CC(=O)O. The lowest BCUT2D eigenvalue weighted by Crippen LogP contribution is -2.05. The minimum atomic E-state index is -0.780. The molecule has 1 unspecified atom stereocenters. The van der Waals surface area contributed by atoms with Crippen LogP contribution in [0.1, 0.15) is 29.0 Å². The number of rotatable bonds is 3. The lowest BCUT2D eigenvalue weighted by atomic mass is 9.93. The zero-order chi connectivity index (χ0) is 14.3. The number of benzene rings is 2. The van der Waals surface area contributed by atoms with Gasteiger partial charge >= 0.3 is 5.97 Å². The van der Waals surface area contributed by atoms with Crippen molar-refractivity contribution in [2.75, 3.05) is 7.11 Å². The first-order valence-corrected chi connectivity index (χ1v) is 6.61. The first-order valence-electron chi connectivity index (χ1n) is 6.61. The van der Waals surface area contributed by atoms with Gasteiger partial charge in [-0.15, -0.1) is 0 Å². The summed E-state index contributed by atoms with van der Waals surface area (Å²) in [4.78, 5) is 11.2. The number of aliphatic carboxylic acids is 1. The van der Waals surface area contributed by atoms with E-state index in [0.717, 1.165) is 33.6 Å². The van der Waals surface area contributed by atoms with Crippen molar-refractivity contribution in [2.45, 2.75) is 19.3 Å². The molecule has 2 aromatic carbocycles. The first-order chi connectivity index (χ1) is 9.61. The van der Waals surface area contributed by atoms with Crippen LogP contribution in [-0.4, -0.2) is 18.2 Å². The number of hydrogen-bond acceptors (Lipinski definition) is 2. The molecule has 0 saturated heterocycles. The molecule has 0 aliphatic heterocycles. The fourth-order valence-corrected chi connectivity index (χ4v) is 3.06. The summed E-state index contributed by atoms with van der Waals surface area (Å²) < 4.78 is 5.45. The molecule has 0 saturated carbocycles. The maximum absolute atomic E-state index is 11.2. The van der Waals surface area contributed by atoms with Crippen LogP contribution in [0.2, 0.25) is 0 Å². The Hall–Kier alpha value is -2.29. The molecule has 0 bridgehead atoms. The quantitative estimate of drug-likeness (QED) is 0.925. The Morgan fingerprint density at radius 1 is 1.25 bits per heavy atom. The minimum Gasteiger partial charge on any atom is -0.496 e. The Morgan fingerprint density at radius 2 is 2.05 bits per heavy atom. The molecule has 102 valence electrons. The van der Waals surface area contributed by atoms with E-state index in [9.17, 15) is 9.90 Å². The molecule has 1 aliphatic carbocycles. The first kappa shape index (κ1) is 12.7. The third-order valence-corrected chi connectivity index (χ3v) is 3.88. The summed E-state index contributed by atoms with van der Waals surface area (Å²) in [6, 6.07) is 12.0. The van der Waals surface area contributed by atoms with Crippen LogP contribution in [-0.2, 0) is 4.79 Å². The van der Waals surface area contributed by atoms with Gasteiger partial charge < -0.3 is 9.84 Å². The van der Waals surface area contributed by atoms with Crippen molar-refractivity contribution in [1.82, 2.24) is 0 Å². The van der Waals surface area contributed by atoms with Gasteiger partial charge in [-0.25, -0.2) is 0 Å². The van der Waals surface area contributed by atoms with Crippen molar-refractivity contribution < 1.29 is 14.6 Å². The largest absolute Gasteiger partial charge is 0.496 e. The predicted octanol–water partition coefficient (Wildman–Crippen LogP) is 3.59. The van der Waals surface area contributed by atoms with Crippen LogP contribution < -0.4 is 4.74 Å². The Labute approximate surface area is 117 Å². The molecule has 3 nitrogen and oxygen atoms in total. The summed E-state index contributed by atoms with van der Waals surface area (Å²) in [6.07, 6.45) is 0.108. The highest BCUT2D eigenvalue weighted by atomic mass is 16.5. The Balaban J connectivity index is 2.26. The van der Waals surface area contributed by atoms with Gasteiger partial charge in [0.05, 0.1) is 13.5 Å². The topological polar surface area (TPSA) is 46.5 Å². The van der Waals surface area contributed by atoms with Crippen LogP contribution >= 0.6 is 0 Å². The molecule has 0 amide bonds. The van der Waals surface area contributed by atoms with E-state index in [2.05, 4.69) is 18.2 Å². The molecule has 0 fully saturated rings. The van der Waals surface area contributed by atoms with Gasteiger partial charge in [-0.2, -0.15) is 0 Å². The molecule has 20 heavy (non-hydrogen) atoms. The van der Waals surface area contributed by atoms with Crippen molar-refractivity contribution in [3.63, 3.8) is 0 Å². The summed E-state index contributed by atoms with van der Waals surface area (Å²) in [6.45, 7) is 2.03. The number of ether oxygens (including phenoxy) is 1. The molecular formula is C17H16O3. The number of carboxylic acid groups (broad SMARTS) is 1. The highest BCUT2D eigenvalue weighted by molar-refractivity contribution is 5.85. The van der Waals surface area contributed by atoms with Crippen molar-refractivity contribution in [1.29, 1.82) is 0 Å². The van der Waals surface area contributed by atoms with E-state index in [1.807, 2.05) is 25.1 Å². The van der Waals surface area contributed by atoms with Gasteiger partial charge in [-0.3, -0.25) is 4.79 Å². The van der Waals surface area contributed by atoms with Gasteiger partial charge in [0.15, 0.2) is 0 Å². The average Bonchev–Trinajstić information content (AvgIpc) is 2.72. The molecule has 0 heterocycles. The average molecular weight is 268 g/mol. The van der Waals surface area contributed by atoms with Crippen LogP contribution in [0, 0.1) is 6.92 Å². The summed E-state index contributed by atoms with van der Waals surface area (Å²) >= 11 is 0. The minimum absolute atomic E-state index is 0.0903.